The number of unbranched alkanes of at least 4 members (excludes halogenated alkanes) is 3. The molecule has 0 N–H and O–H groups in total. The molecular formula is C10H18F3O. The van der Waals surface area contributed by atoms with Crippen LogP contribution in [-0.4, -0.2) is 19.4 Å². The van der Waals surface area contributed by atoms with Crippen LogP contribution in [0.4, 0.5) is 13.2 Å². The van der Waals surface area contributed by atoms with Gasteiger partial charge in [-0.2, -0.15) is 13.2 Å². The third-order valence-electron chi connectivity index (χ3n) is 1.78. The van der Waals surface area contributed by atoms with Crippen LogP contribution >= 0.6 is 0 Å². The lowest BCUT2D eigenvalue weighted by Gasteiger charge is -2.06. The number of ether oxygens (including phenoxy) is 1. The van der Waals surface area contributed by atoms with Crippen LogP contribution < -0.4 is 0 Å². The maximum Gasteiger partial charge on any atom is 0.392 e. The minimum absolute atomic E-state index is 0.0444. The Morgan fingerprint density at radius 1 is 1.07 bits per heavy atom. The Bertz CT molecular complexity index is 123. The van der Waals surface area contributed by atoms with E-state index in [1.54, 1.807) is 0 Å². The van der Waals surface area contributed by atoms with Gasteiger partial charge in [-0.15, -0.1) is 0 Å². The molecule has 0 heterocycles. The summed E-state index contributed by atoms with van der Waals surface area (Å²) >= 11 is 0. The zero-order valence-corrected chi connectivity index (χ0v) is 8.57. The second kappa shape index (κ2) is 8.09. The first-order valence-electron chi connectivity index (χ1n) is 5.05. The van der Waals surface area contributed by atoms with Crippen molar-refractivity contribution in [1.29, 1.82) is 0 Å². The molecule has 85 valence electrons. The SMILES string of the molecule is CCCCCCOCC[CH]C(F)(F)F. The molecule has 0 aromatic heterocycles. The van der Waals surface area contributed by atoms with Crippen molar-refractivity contribution in [2.24, 2.45) is 0 Å². The van der Waals surface area contributed by atoms with Gasteiger partial charge >= 0.3 is 6.18 Å². The van der Waals surface area contributed by atoms with Gasteiger partial charge in [0.05, 0.1) is 6.42 Å². The molecule has 0 aliphatic heterocycles. The highest BCUT2D eigenvalue weighted by Crippen LogP contribution is 2.19. The second-order valence-corrected chi connectivity index (χ2v) is 3.21. The van der Waals surface area contributed by atoms with Crippen LogP contribution in [0.2, 0.25) is 0 Å². The van der Waals surface area contributed by atoms with Crippen molar-refractivity contribution >= 4 is 0 Å². The van der Waals surface area contributed by atoms with Gasteiger partial charge in [-0.3, -0.25) is 0 Å². The molecule has 0 spiro atoms. The summed E-state index contributed by atoms with van der Waals surface area (Å²) in [5, 5.41) is 0. The van der Waals surface area contributed by atoms with Crippen LogP contribution in [0.15, 0.2) is 0 Å². The lowest BCUT2D eigenvalue weighted by Crippen LogP contribution is -2.10. The monoisotopic (exact) mass is 211 g/mol. The molecule has 0 unspecified atom stereocenters. The summed E-state index contributed by atoms with van der Waals surface area (Å²) in [5.74, 6) is 0. The minimum Gasteiger partial charge on any atom is -0.381 e. The third-order valence-corrected chi connectivity index (χ3v) is 1.78. The highest BCUT2D eigenvalue weighted by molar-refractivity contribution is 4.73. The van der Waals surface area contributed by atoms with Crippen molar-refractivity contribution < 1.29 is 17.9 Å². The highest BCUT2D eigenvalue weighted by atomic mass is 19.4. The summed E-state index contributed by atoms with van der Waals surface area (Å²) in [7, 11) is 0. The van der Waals surface area contributed by atoms with E-state index in [0.717, 1.165) is 25.7 Å². The van der Waals surface area contributed by atoms with Crippen LogP contribution in [-0.2, 0) is 4.74 Å². The quantitative estimate of drug-likeness (QED) is 0.556. The summed E-state index contributed by atoms with van der Waals surface area (Å²) in [5.41, 5.74) is 0. The highest BCUT2D eigenvalue weighted by Gasteiger charge is 2.26. The number of rotatable bonds is 8. The first-order valence-corrected chi connectivity index (χ1v) is 5.05. The summed E-state index contributed by atoms with van der Waals surface area (Å²) in [6.45, 7) is 2.86. The van der Waals surface area contributed by atoms with Gasteiger partial charge in [-0.25, -0.2) is 0 Å². The molecule has 0 saturated heterocycles. The number of hydrogen-bond donors (Lipinski definition) is 0. The topological polar surface area (TPSA) is 9.23 Å². The molecule has 0 amide bonds. The molecule has 0 aliphatic carbocycles. The fourth-order valence-corrected chi connectivity index (χ4v) is 1.04. The smallest absolute Gasteiger partial charge is 0.381 e. The van der Waals surface area contributed by atoms with E-state index in [4.69, 9.17) is 4.74 Å². The molecule has 0 aliphatic rings. The Morgan fingerprint density at radius 3 is 2.36 bits per heavy atom. The number of halogens is 3. The van der Waals surface area contributed by atoms with E-state index in [9.17, 15) is 13.2 Å². The van der Waals surface area contributed by atoms with E-state index in [-0.39, 0.29) is 13.0 Å². The summed E-state index contributed by atoms with van der Waals surface area (Å²) in [6, 6.07) is 0. The maximum atomic E-state index is 11.6. The van der Waals surface area contributed by atoms with E-state index in [1.165, 1.54) is 0 Å². The fourth-order valence-electron chi connectivity index (χ4n) is 1.04. The zero-order valence-electron chi connectivity index (χ0n) is 8.57. The van der Waals surface area contributed by atoms with Gasteiger partial charge in [0.15, 0.2) is 0 Å². The molecule has 0 aromatic carbocycles. The molecular weight excluding hydrogens is 193 g/mol. The Labute approximate surface area is 83.6 Å². The van der Waals surface area contributed by atoms with Gasteiger partial charge in [-0.05, 0) is 12.8 Å². The fraction of sp³-hybridized carbons (Fsp3) is 0.900. The van der Waals surface area contributed by atoms with E-state index in [1.807, 2.05) is 0 Å². The number of hydrogen-bond acceptors (Lipinski definition) is 1. The standard InChI is InChI=1S/C10H18F3O/c1-2-3-4-5-8-14-9-6-7-10(11,12)13/h7H,2-6,8-9H2,1H3. The van der Waals surface area contributed by atoms with E-state index in [0.29, 0.717) is 13.0 Å². The molecule has 0 bridgehead atoms. The van der Waals surface area contributed by atoms with Gasteiger partial charge in [0.25, 0.3) is 0 Å². The zero-order chi connectivity index (χ0) is 10.9. The minimum atomic E-state index is -4.16. The van der Waals surface area contributed by atoms with Crippen molar-refractivity contribution in [3.63, 3.8) is 0 Å². The normalized spacial score (nSPS) is 12.0. The molecule has 1 nitrogen and oxygen atoms in total. The Morgan fingerprint density at radius 2 is 1.79 bits per heavy atom. The van der Waals surface area contributed by atoms with Gasteiger partial charge in [0.2, 0.25) is 0 Å². The molecule has 1 radical (unpaired) electrons. The van der Waals surface area contributed by atoms with Crippen LogP contribution in [0.3, 0.4) is 0 Å². The summed E-state index contributed by atoms with van der Waals surface area (Å²) in [6.07, 6.45) is 0.487. The third kappa shape index (κ3) is 11.8. The predicted molar refractivity (Wildman–Crippen MR) is 49.9 cm³/mol. The molecule has 0 aromatic rings. The van der Waals surface area contributed by atoms with Crippen molar-refractivity contribution in [1.82, 2.24) is 0 Å². The van der Waals surface area contributed by atoms with Gasteiger partial charge in [0.1, 0.15) is 0 Å². The van der Waals surface area contributed by atoms with Crippen molar-refractivity contribution in [2.75, 3.05) is 13.2 Å². The molecule has 14 heavy (non-hydrogen) atoms. The summed E-state index contributed by atoms with van der Waals surface area (Å²) < 4.78 is 39.9. The Balaban J connectivity index is 2.99. The van der Waals surface area contributed by atoms with E-state index in [2.05, 4.69) is 6.92 Å². The average molecular weight is 211 g/mol. The van der Waals surface area contributed by atoms with Gasteiger partial charge < -0.3 is 4.74 Å². The molecule has 4 heteroatoms. The van der Waals surface area contributed by atoms with Crippen LogP contribution in [0, 0.1) is 6.42 Å². The molecule has 0 fully saturated rings. The molecule has 0 atom stereocenters. The first-order chi connectivity index (χ1) is 6.56. The maximum absolute atomic E-state index is 11.6. The van der Waals surface area contributed by atoms with Crippen molar-refractivity contribution in [3.8, 4) is 0 Å². The van der Waals surface area contributed by atoms with E-state index >= 15 is 0 Å². The lowest BCUT2D eigenvalue weighted by atomic mass is 10.2. The largest absolute Gasteiger partial charge is 0.392 e. The van der Waals surface area contributed by atoms with Crippen LogP contribution in [0.1, 0.15) is 39.0 Å². The Kier molecular flexibility index (Phi) is 7.95. The second-order valence-electron chi connectivity index (χ2n) is 3.21. The van der Waals surface area contributed by atoms with Gasteiger partial charge in [0, 0.05) is 13.2 Å². The van der Waals surface area contributed by atoms with Crippen molar-refractivity contribution in [2.45, 2.75) is 45.2 Å². The van der Waals surface area contributed by atoms with E-state index < -0.39 is 6.18 Å². The Hall–Kier alpha value is -0.250. The van der Waals surface area contributed by atoms with Gasteiger partial charge in [-0.1, -0.05) is 26.2 Å². The first kappa shape index (κ1) is 13.8. The number of alkyl halides is 3. The molecule has 0 saturated carbocycles. The van der Waals surface area contributed by atoms with Crippen LogP contribution in [0.5, 0.6) is 0 Å². The molecule has 0 rings (SSSR count). The van der Waals surface area contributed by atoms with Crippen LogP contribution in [0.25, 0.3) is 0 Å². The summed E-state index contributed by atoms with van der Waals surface area (Å²) in [4.78, 5) is 0. The van der Waals surface area contributed by atoms with Crippen molar-refractivity contribution in [3.05, 3.63) is 6.42 Å². The predicted octanol–water partition coefficient (Wildman–Crippen LogP) is 3.74. The lowest BCUT2D eigenvalue weighted by molar-refractivity contribution is -0.100. The average Bonchev–Trinajstić information content (AvgIpc) is 2.08.